The van der Waals surface area contributed by atoms with Crippen LogP contribution in [-0.2, 0) is 0 Å². The molecule has 0 aliphatic carbocycles. The summed E-state index contributed by atoms with van der Waals surface area (Å²) in [6.07, 6.45) is 4.16. The van der Waals surface area contributed by atoms with E-state index in [1.807, 2.05) is 0 Å². The minimum atomic E-state index is 0.775. The van der Waals surface area contributed by atoms with Gasteiger partial charge in [-0.05, 0) is 51.4 Å². The zero-order chi connectivity index (χ0) is 12.1. The molecule has 2 rings (SSSR count). The predicted octanol–water partition coefficient (Wildman–Crippen LogP) is 1.40. The quantitative estimate of drug-likeness (QED) is 0.707. The molecule has 0 aromatic heterocycles. The van der Waals surface area contributed by atoms with Gasteiger partial charge in [0, 0.05) is 25.7 Å². The lowest BCUT2D eigenvalue weighted by molar-refractivity contribution is 0.104. The van der Waals surface area contributed by atoms with Crippen LogP contribution in [0.25, 0.3) is 0 Å². The molecule has 2 heterocycles. The molecule has 2 aliphatic heterocycles. The maximum absolute atomic E-state index is 3.53. The van der Waals surface area contributed by atoms with Crippen molar-refractivity contribution < 1.29 is 0 Å². The summed E-state index contributed by atoms with van der Waals surface area (Å²) in [4.78, 5) is 5.36. The third-order valence-corrected chi connectivity index (χ3v) is 4.05. The van der Waals surface area contributed by atoms with Crippen molar-refractivity contribution in [3.05, 3.63) is 0 Å². The molecule has 2 saturated heterocycles. The van der Waals surface area contributed by atoms with Crippen LogP contribution in [0.5, 0.6) is 0 Å². The van der Waals surface area contributed by atoms with Gasteiger partial charge in [-0.2, -0.15) is 0 Å². The maximum atomic E-state index is 3.53. The number of hydrogen-bond acceptors (Lipinski definition) is 3. The number of piperazine rings is 1. The van der Waals surface area contributed by atoms with Crippen LogP contribution in [0.4, 0.5) is 0 Å². The fourth-order valence-electron chi connectivity index (χ4n) is 3.08. The van der Waals surface area contributed by atoms with E-state index < -0.39 is 0 Å². The molecule has 100 valence electrons. The zero-order valence-electron chi connectivity index (χ0n) is 11.6. The van der Waals surface area contributed by atoms with E-state index in [9.17, 15) is 0 Å². The molecular formula is C14H29N3. The normalized spacial score (nSPS) is 26.6. The first-order valence-corrected chi connectivity index (χ1v) is 7.43. The highest BCUT2D eigenvalue weighted by molar-refractivity contribution is 4.86. The molecule has 1 atom stereocenters. The molecular weight excluding hydrogens is 210 g/mol. The van der Waals surface area contributed by atoms with Crippen LogP contribution in [0, 0.1) is 5.92 Å². The Balaban J connectivity index is 1.54. The second-order valence-electron chi connectivity index (χ2n) is 6.08. The second-order valence-corrected chi connectivity index (χ2v) is 6.08. The van der Waals surface area contributed by atoms with Gasteiger partial charge in [0.15, 0.2) is 0 Å². The highest BCUT2D eigenvalue weighted by Gasteiger charge is 2.29. The van der Waals surface area contributed by atoms with Gasteiger partial charge in [0.05, 0.1) is 0 Å². The lowest BCUT2D eigenvalue weighted by atomic mass is 10.1. The molecule has 0 radical (unpaired) electrons. The highest BCUT2D eigenvalue weighted by atomic mass is 15.3. The summed E-state index contributed by atoms with van der Waals surface area (Å²) in [5.74, 6) is 0.775. The molecule has 3 nitrogen and oxygen atoms in total. The van der Waals surface area contributed by atoms with Gasteiger partial charge in [0.25, 0.3) is 0 Å². The Kier molecular flexibility index (Phi) is 5.26. The third-order valence-electron chi connectivity index (χ3n) is 4.05. The summed E-state index contributed by atoms with van der Waals surface area (Å²) in [6, 6.07) is 0.882. The van der Waals surface area contributed by atoms with Gasteiger partial charge in [-0.3, -0.25) is 4.90 Å². The zero-order valence-corrected chi connectivity index (χ0v) is 11.6. The van der Waals surface area contributed by atoms with E-state index in [1.165, 1.54) is 58.5 Å². The first kappa shape index (κ1) is 13.3. The molecule has 2 fully saturated rings. The average molecular weight is 239 g/mol. The second kappa shape index (κ2) is 6.72. The summed E-state index contributed by atoms with van der Waals surface area (Å²) in [5, 5.41) is 3.53. The van der Waals surface area contributed by atoms with Crippen LogP contribution < -0.4 is 5.32 Å². The van der Waals surface area contributed by atoms with E-state index >= 15 is 0 Å². The third kappa shape index (κ3) is 4.23. The number of nitrogens with zero attached hydrogens (tertiary/aromatic N) is 2. The van der Waals surface area contributed by atoms with E-state index in [1.54, 1.807) is 0 Å². The Bertz CT molecular complexity index is 218. The van der Waals surface area contributed by atoms with E-state index in [0.29, 0.717) is 0 Å². The standard InChI is InChI=1S/C14H29N3/c1-13(2)11-15-6-4-7-16-9-10-17-8-3-5-14(17)12-16/h13-15H,3-12H2,1-2H3. The first-order chi connectivity index (χ1) is 8.25. The molecule has 1 unspecified atom stereocenters. The van der Waals surface area contributed by atoms with Crippen LogP contribution in [0.1, 0.15) is 33.1 Å². The van der Waals surface area contributed by atoms with Crippen molar-refractivity contribution in [2.45, 2.75) is 39.2 Å². The smallest absolute Gasteiger partial charge is 0.0224 e. The molecule has 0 amide bonds. The fourth-order valence-corrected chi connectivity index (χ4v) is 3.08. The van der Waals surface area contributed by atoms with Crippen molar-refractivity contribution in [2.75, 3.05) is 45.8 Å². The Hall–Kier alpha value is -0.120. The molecule has 0 aromatic rings. The summed E-state index contributed by atoms with van der Waals surface area (Å²) in [7, 11) is 0. The highest BCUT2D eigenvalue weighted by Crippen LogP contribution is 2.21. The minimum absolute atomic E-state index is 0.775. The Morgan fingerprint density at radius 1 is 1.24 bits per heavy atom. The SMILES string of the molecule is CC(C)CNCCCN1CCN2CCCC2C1. The van der Waals surface area contributed by atoms with Crippen molar-refractivity contribution in [2.24, 2.45) is 5.92 Å². The van der Waals surface area contributed by atoms with Gasteiger partial charge < -0.3 is 10.2 Å². The van der Waals surface area contributed by atoms with Crippen molar-refractivity contribution >= 4 is 0 Å². The van der Waals surface area contributed by atoms with Gasteiger partial charge >= 0.3 is 0 Å². The molecule has 2 aliphatic rings. The molecule has 0 aromatic carbocycles. The van der Waals surface area contributed by atoms with Crippen LogP contribution in [0.15, 0.2) is 0 Å². The number of fused-ring (bicyclic) bond motifs is 1. The maximum Gasteiger partial charge on any atom is 0.0224 e. The van der Waals surface area contributed by atoms with Gasteiger partial charge in [-0.25, -0.2) is 0 Å². The number of rotatable bonds is 6. The van der Waals surface area contributed by atoms with Crippen LogP contribution in [-0.4, -0.2) is 61.7 Å². The van der Waals surface area contributed by atoms with Gasteiger partial charge in [-0.15, -0.1) is 0 Å². The molecule has 1 N–H and O–H groups in total. The minimum Gasteiger partial charge on any atom is -0.316 e. The van der Waals surface area contributed by atoms with Crippen molar-refractivity contribution in [3.63, 3.8) is 0 Å². The monoisotopic (exact) mass is 239 g/mol. The van der Waals surface area contributed by atoms with E-state index in [2.05, 4.69) is 29.0 Å². The molecule has 0 spiro atoms. The molecule has 17 heavy (non-hydrogen) atoms. The summed E-state index contributed by atoms with van der Waals surface area (Å²) >= 11 is 0. The van der Waals surface area contributed by atoms with E-state index in [0.717, 1.165) is 18.5 Å². The molecule has 3 heteroatoms. The van der Waals surface area contributed by atoms with Crippen molar-refractivity contribution in [3.8, 4) is 0 Å². The van der Waals surface area contributed by atoms with Crippen LogP contribution in [0.2, 0.25) is 0 Å². The number of hydrogen-bond donors (Lipinski definition) is 1. The number of nitrogens with one attached hydrogen (secondary N) is 1. The van der Waals surface area contributed by atoms with Gasteiger partial charge in [0.1, 0.15) is 0 Å². The fraction of sp³-hybridized carbons (Fsp3) is 1.00. The van der Waals surface area contributed by atoms with E-state index in [-0.39, 0.29) is 0 Å². The van der Waals surface area contributed by atoms with Crippen LogP contribution >= 0.6 is 0 Å². The Labute approximate surface area is 107 Å². The van der Waals surface area contributed by atoms with Crippen LogP contribution in [0.3, 0.4) is 0 Å². The summed E-state index contributed by atoms with van der Waals surface area (Å²) in [5.41, 5.74) is 0. The predicted molar refractivity (Wildman–Crippen MR) is 73.4 cm³/mol. The van der Waals surface area contributed by atoms with Crippen molar-refractivity contribution in [1.82, 2.24) is 15.1 Å². The summed E-state index contributed by atoms with van der Waals surface area (Å²) < 4.78 is 0. The van der Waals surface area contributed by atoms with E-state index in [4.69, 9.17) is 0 Å². The molecule has 0 bridgehead atoms. The molecule has 0 saturated carbocycles. The lowest BCUT2D eigenvalue weighted by Gasteiger charge is -2.37. The van der Waals surface area contributed by atoms with Crippen molar-refractivity contribution in [1.29, 1.82) is 0 Å². The average Bonchev–Trinajstić information content (AvgIpc) is 2.75. The Morgan fingerprint density at radius 2 is 2.12 bits per heavy atom. The topological polar surface area (TPSA) is 18.5 Å². The summed E-state index contributed by atoms with van der Waals surface area (Å²) in [6.45, 7) is 13.5. The van der Waals surface area contributed by atoms with Gasteiger partial charge in [-0.1, -0.05) is 13.8 Å². The van der Waals surface area contributed by atoms with Gasteiger partial charge in [0.2, 0.25) is 0 Å². The Morgan fingerprint density at radius 3 is 2.94 bits per heavy atom. The largest absolute Gasteiger partial charge is 0.316 e. The lowest BCUT2D eigenvalue weighted by Crippen LogP contribution is -2.50. The first-order valence-electron chi connectivity index (χ1n) is 7.43.